The molecule has 0 spiro atoms. The summed E-state index contributed by atoms with van der Waals surface area (Å²) in [6, 6.07) is 47.1. The molecule has 8 rings (SSSR count). The Hall–Kier alpha value is -5.08. The molecule has 0 aliphatic carbocycles. The summed E-state index contributed by atoms with van der Waals surface area (Å²) in [5, 5.41) is 4.65. The molecule has 0 fully saturated rings. The van der Waals surface area contributed by atoms with Crippen LogP contribution in [0.2, 0.25) is 0 Å². The van der Waals surface area contributed by atoms with Crippen LogP contribution in [-0.4, -0.2) is 0 Å². The number of fused-ring (bicyclic) bond motifs is 6. The van der Waals surface area contributed by atoms with Gasteiger partial charge in [-0.2, -0.15) is 0 Å². The Labute approximate surface area is 232 Å². The molecule has 2 nitrogen and oxygen atoms in total. The van der Waals surface area contributed by atoms with Gasteiger partial charge in [-0.05, 0) is 46.0 Å². The van der Waals surface area contributed by atoms with Crippen LogP contribution in [0.5, 0.6) is 0 Å². The van der Waals surface area contributed by atoms with E-state index in [1.165, 1.54) is 27.6 Å². The lowest BCUT2D eigenvalue weighted by Gasteiger charge is -2.14. The number of furan rings is 2. The van der Waals surface area contributed by atoms with Crippen LogP contribution in [0.1, 0.15) is 24.0 Å². The van der Waals surface area contributed by atoms with Gasteiger partial charge >= 0.3 is 0 Å². The van der Waals surface area contributed by atoms with Gasteiger partial charge < -0.3 is 8.83 Å². The highest BCUT2D eigenvalue weighted by Gasteiger charge is 2.15. The first kappa shape index (κ1) is 22.9. The maximum absolute atomic E-state index is 6.27. The first-order valence-corrected chi connectivity index (χ1v) is 13.8. The highest BCUT2D eigenvalue weighted by Crippen LogP contribution is 2.38. The first-order chi connectivity index (χ1) is 19.7. The molecule has 0 saturated heterocycles. The van der Waals surface area contributed by atoms with Gasteiger partial charge in [0, 0.05) is 33.0 Å². The van der Waals surface area contributed by atoms with Crippen molar-refractivity contribution in [3.8, 4) is 22.3 Å². The highest BCUT2D eigenvalue weighted by molar-refractivity contribution is 6.12. The quantitative estimate of drug-likeness (QED) is 0.233. The second-order valence-electron chi connectivity index (χ2n) is 10.5. The molecule has 0 bridgehead atoms. The van der Waals surface area contributed by atoms with Crippen molar-refractivity contribution in [3.05, 3.63) is 145 Å². The summed E-state index contributed by atoms with van der Waals surface area (Å²) in [5.74, 6) is 0.274. The van der Waals surface area contributed by atoms with Crippen LogP contribution in [0.25, 0.3) is 66.1 Å². The summed E-state index contributed by atoms with van der Waals surface area (Å²) in [6.07, 6.45) is 0. The molecule has 2 aromatic heterocycles. The molecule has 2 heterocycles. The Morgan fingerprint density at radius 1 is 0.425 bits per heavy atom. The van der Waals surface area contributed by atoms with Crippen LogP contribution in [-0.2, 0) is 0 Å². The predicted molar refractivity (Wildman–Crippen MR) is 166 cm³/mol. The Kier molecular flexibility index (Phi) is 5.14. The van der Waals surface area contributed by atoms with E-state index in [-0.39, 0.29) is 5.92 Å². The van der Waals surface area contributed by atoms with E-state index in [1.807, 2.05) is 30.3 Å². The number of hydrogen-bond donors (Lipinski definition) is 0. The van der Waals surface area contributed by atoms with Crippen molar-refractivity contribution in [3.63, 3.8) is 0 Å². The van der Waals surface area contributed by atoms with E-state index in [0.717, 1.165) is 49.6 Å². The maximum atomic E-state index is 6.27. The monoisotopic (exact) mass is 514 g/mol. The van der Waals surface area contributed by atoms with Gasteiger partial charge in [-0.15, -0.1) is 0 Å². The molecule has 0 amide bonds. The largest absolute Gasteiger partial charge is 0.456 e. The third-order valence-electron chi connectivity index (χ3n) is 8.25. The smallest absolute Gasteiger partial charge is 0.143 e. The third-order valence-corrected chi connectivity index (χ3v) is 8.25. The first-order valence-electron chi connectivity index (χ1n) is 13.8. The fourth-order valence-corrected chi connectivity index (χ4v) is 6.08. The van der Waals surface area contributed by atoms with Crippen LogP contribution >= 0.6 is 0 Å². The van der Waals surface area contributed by atoms with Gasteiger partial charge in [-0.3, -0.25) is 0 Å². The molecule has 1 atom stereocenters. The van der Waals surface area contributed by atoms with Gasteiger partial charge in [0.1, 0.15) is 22.3 Å². The second kappa shape index (κ2) is 9.00. The molecule has 8 aromatic rings. The summed E-state index contributed by atoms with van der Waals surface area (Å²) >= 11 is 0. The van der Waals surface area contributed by atoms with Crippen LogP contribution in [0.4, 0.5) is 0 Å². The number of rotatable bonds is 4. The van der Waals surface area contributed by atoms with Crippen LogP contribution in [0.3, 0.4) is 0 Å². The number of para-hydroxylation sites is 3. The van der Waals surface area contributed by atoms with Gasteiger partial charge in [0.15, 0.2) is 0 Å². The topological polar surface area (TPSA) is 26.3 Å². The summed E-state index contributed by atoms with van der Waals surface area (Å²) in [6.45, 7) is 2.27. The van der Waals surface area contributed by atoms with Crippen molar-refractivity contribution >= 4 is 43.9 Å². The fraction of sp³-hybridized carbons (Fsp3) is 0.0526. The Morgan fingerprint density at radius 3 is 1.68 bits per heavy atom. The van der Waals surface area contributed by atoms with Crippen LogP contribution in [0, 0.1) is 0 Å². The third kappa shape index (κ3) is 3.57. The average molecular weight is 515 g/mol. The molecule has 2 heteroatoms. The minimum absolute atomic E-state index is 0.274. The SMILES string of the molecule is CC(c1ccc(-c2cccc3c2oc2ccccc23)cc1)c1ccc(-c2cccc3oc4ccccc4c23)cc1. The van der Waals surface area contributed by atoms with Crippen molar-refractivity contribution in [2.24, 2.45) is 0 Å². The fourth-order valence-electron chi connectivity index (χ4n) is 6.08. The zero-order valence-corrected chi connectivity index (χ0v) is 22.1. The molecule has 190 valence electrons. The molecule has 0 radical (unpaired) electrons. The van der Waals surface area contributed by atoms with Gasteiger partial charge in [-0.25, -0.2) is 0 Å². The molecule has 0 aliphatic heterocycles. The van der Waals surface area contributed by atoms with Gasteiger partial charge in [0.05, 0.1) is 0 Å². The van der Waals surface area contributed by atoms with Gasteiger partial charge in [0.25, 0.3) is 0 Å². The lowest BCUT2D eigenvalue weighted by atomic mass is 9.90. The Balaban J connectivity index is 1.11. The molecule has 0 aliphatic rings. The van der Waals surface area contributed by atoms with Crippen molar-refractivity contribution in [1.29, 1.82) is 0 Å². The second-order valence-corrected chi connectivity index (χ2v) is 10.5. The normalized spacial score (nSPS) is 12.5. The summed E-state index contributed by atoms with van der Waals surface area (Å²) in [4.78, 5) is 0. The lowest BCUT2D eigenvalue weighted by Crippen LogP contribution is -1.96. The molecular weight excluding hydrogens is 488 g/mol. The minimum atomic E-state index is 0.274. The average Bonchev–Trinajstić information content (AvgIpc) is 3.59. The van der Waals surface area contributed by atoms with Crippen molar-refractivity contribution in [2.75, 3.05) is 0 Å². The highest BCUT2D eigenvalue weighted by atomic mass is 16.3. The molecule has 1 unspecified atom stereocenters. The van der Waals surface area contributed by atoms with Gasteiger partial charge in [-0.1, -0.05) is 122 Å². The number of benzene rings is 6. The summed E-state index contributed by atoms with van der Waals surface area (Å²) in [7, 11) is 0. The van der Waals surface area contributed by atoms with Crippen LogP contribution < -0.4 is 0 Å². The van der Waals surface area contributed by atoms with Crippen LogP contribution in [0.15, 0.2) is 142 Å². The zero-order chi connectivity index (χ0) is 26.6. The molecule has 0 saturated carbocycles. The van der Waals surface area contributed by atoms with E-state index in [0.29, 0.717) is 0 Å². The summed E-state index contributed by atoms with van der Waals surface area (Å²) in [5.41, 5.74) is 11.0. The summed E-state index contributed by atoms with van der Waals surface area (Å²) < 4.78 is 12.4. The number of hydrogen-bond acceptors (Lipinski definition) is 2. The van der Waals surface area contributed by atoms with E-state index in [4.69, 9.17) is 8.83 Å². The maximum Gasteiger partial charge on any atom is 0.143 e. The van der Waals surface area contributed by atoms with E-state index in [2.05, 4.69) is 110 Å². The predicted octanol–water partition coefficient (Wildman–Crippen LogP) is 11.0. The zero-order valence-electron chi connectivity index (χ0n) is 22.1. The van der Waals surface area contributed by atoms with E-state index in [9.17, 15) is 0 Å². The van der Waals surface area contributed by atoms with E-state index in [1.54, 1.807) is 0 Å². The molecule has 6 aromatic carbocycles. The van der Waals surface area contributed by atoms with E-state index >= 15 is 0 Å². The van der Waals surface area contributed by atoms with E-state index < -0.39 is 0 Å². The molecule has 40 heavy (non-hydrogen) atoms. The van der Waals surface area contributed by atoms with Crippen molar-refractivity contribution < 1.29 is 8.83 Å². The van der Waals surface area contributed by atoms with Gasteiger partial charge in [0.2, 0.25) is 0 Å². The Morgan fingerprint density at radius 2 is 0.950 bits per heavy atom. The molecule has 0 N–H and O–H groups in total. The molecular formula is C38H26O2. The van der Waals surface area contributed by atoms with Crippen molar-refractivity contribution in [2.45, 2.75) is 12.8 Å². The van der Waals surface area contributed by atoms with Crippen molar-refractivity contribution in [1.82, 2.24) is 0 Å². The standard InChI is InChI=1S/C38H26O2/c1-24(25-16-20-27(21-17-25)29-10-7-15-36-37(29)33-9-3-5-14-35(33)39-36)26-18-22-28(23-19-26)30-11-6-12-32-31-8-2-4-13-34(31)40-38(30)32/h2-24H,1H3. The Bertz CT molecular complexity index is 2160. The minimum Gasteiger partial charge on any atom is -0.456 e. The lowest BCUT2D eigenvalue weighted by molar-refractivity contribution is 0.669.